The van der Waals surface area contributed by atoms with E-state index in [0.717, 1.165) is 6.42 Å². The Balaban J connectivity index is 1.63. The molecule has 2 aromatic rings. The van der Waals surface area contributed by atoms with E-state index in [1.165, 1.54) is 6.20 Å². The second kappa shape index (κ2) is 6.31. The van der Waals surface area contributed by atoms with Crippen molar-refractivity contribution in [1.82, 2.24) is 19.9 Å². The van der Waals surface area contributed by atoms with Gasteiger partial charge in [-0.15, -0.1) is 0 Å². The Morgan fingerprint density at radius 2 is 2.00 bits per heavy atom. The molecular weight excluding hydrogens is 396 g/mol. The molecule has 144 valence electrons. The number of hydrogen-bond donors (Lipinski definition) is 0. The first kappa shape index (κ1) is 18.4. The number of piperazine rings is 1. The molecule has 2 saturated heterocycles. The zero-order valence-corrected chi connectivity index (χ0v) is 16.6. The van der Waals surface area contributed by atoms with Crippen molar-refractivity contribution < 1.29 is 13.9 Å². The van der Waals surface area contributed by atoms with Crippen molar-refractivity contribution in [3.8, 4) is 0 Å². The molecule has 0 spiro atoms. The van der Waals surface area contributed by atoms with E-state index >= 15 is 0 Å². The van der Waals surface area contributed by atoms with E-state index < -0.39 is 11.4 Å². The summed E-state index contributed by atoms with van der Waals surface area (Å²) in [6.07, 6.45) is 1.91. The fraction of sp³-hybridized carbons (Fsp3) is 0.529. The molecule has 2 atom stereocenters. The first-order valence-electron chi connectivity index (χ1n) is 8.57. The normalized spacial score (nSPS) is 22.0. The summed E-state index contributed by atoms with van der Waals surface area (Å²) in [6.45, 7) is 6.58. The molecule has 0 N–H and O–H groups in total. The Kier molecular flexibility index (Phi) is 4.31. The van der Waals surface area contributed by atoms with Crippen LogP contribution in [0.3, 0.4) is 0 Å². The van der Waals surface area contributed by atoms with Crippen LogP contribution >= 0.6 is 23.2 Å². The Morgan fingerprint density at radius 3 is 2.63 bits per heavy atom. The van der Waals surface area contributed by atoms with E-state index in [1.54, 1.807) is 4.90 Å². The molecule has 7 nitrogen and oxygen atoms in total. The number of anilines is 1. The second-order valence-corrected chi connectivity index (χ2v) is 8.47. The maximum Gasteiger partial charge on any atom is 0.410 e. The van der Waals surface area contributed by atoms with Gasteiger partial charge >= 0.3 is 6.09 Å². The van der Waals surface area contributed by atoms with Crippen LogP contribution in [-0.4, -0.2) is 56.7 Å². The third-order valence-electron chi connectivity index (χ3n) is 4.73. The quantitative estimate of drug-likeness (QED) is 0.524. The van der Waals surface area contributed by atoms with Crippen molar-refractivity contribution in [3.05, 3.63) is 22.5 Å². The predicted octanol–water partition coefficient (Wildman–Crippen LogP) is 3.67. The molecule has 27 heavy (non-hydrogen) atoms. The van der Waals surface area contributed by atoms with Crippen molar-refractivity contribution in [3.63, 3.8) is 0 Å². The van der Waals surface area contributed by atoms with Gasteiger partial charge in [0.25, 0.3) is 0 Å². The number of amides is 1. The molecule has 2 aliphatic heterocycles. The Bertz CT molecular complexity index is 936. The van der Waals surface area contributed by atoms with Crippen LogP contribution in [0.4, 0.5) is 15.0 Å². The summed E-state index contributed by atoms with van der Waals surface area (Å²) in [5.41, 5.74) is -0.506. The molecule has 2 fully saturated rings. The zero-order valence-electron chi connectivity index (χ0n) is 15.0. The number of halogens is 3. The molecular formula is C17H18Cl2FN5O2. The lowest BCUT2D eigenvalue weighted by atomic mass is 10.2. The highest BCUT2D eigenvalue weighted by Crippen LogP contribution is 2.38. The van der Waals surface area contributed by atoms with E-state index in [0.29, 0.717) is 24.3 Å². The summed E-state index contributed by atoms with van der Waals surface area (Å²) in [5, 5.41) is 0.116. The largest absolute Gasteiger partial charge is 0.444 e. The molecule has 2 aliphatic rings. The van der Waals surface area contributed by atoms with Crippen molar-refractivity contribution in [2.75, 3.05) is 18.0 Å². The van der Waals surface area contributed by atoms with E-state index in [2.05, 4.69) is 15.0 Å². The standard InChI is InChI=1S/C17H18Cl2FN5O2/c1-17(2,3)27-16(26)25-7-8-4-9(25)6-24(8)14-10-5-21-13(18)11(20)12(10)22-15(19)23-14/h5,8-9H,4,6-7H2,1-3H3. The Hall–Kier alpha value is -1.93. The monoisotopic (exact) mass is 413 g/mol. The maximum absolute atomic E-state index is 14.3. The minimum Gasteiger partial charge on any atom is -0.444 e. The minimum atomic E-state index is -0.723. The predicted molar refractivity (Wildman–Crippen MR) is 99.8 cm³/mol. The second-order valence-electron chi connectivity index (χ2n) is 7.77. The van der Waals surface area contributed by atoms with Gasteiger partial charge in [-0.05, 0) is 38.8 Å². The number of hydrogen-bond acceptors (Lipinski definition) is 6. The van der Waals surface area contributed by atoms with Gasteiger partial charge in [-0.2, -0.15) is 4.98 Å². The third-order valence-corrected chi connectivity index (χ3v) is 5.17. The van der Waals surface area contributed by atoms with Gasteiger partial charge in [0.05, 0.1) is 17.5 Å². The van der Waals surface area contributed by atoms with Crippen LogP contribution in [0.2, 0.25) is 10.4 Å². The van der Waals surface area contributed by atoms with Gasteiger partial charge in [0.2, 0.25) is 5.28 Å². The van der Waals surface area contributed by atoms with Gasteiger partial charge in [0.15, 0.2) is 11.0 Å². The molecule has 4 rings (SSSR count). The summed E-state index contributed by atoms with van der Waals surface area (Å²) < 4.78 is 19.8. The average Bonchev–Trinajstić information content (AvgIpc) is 3.17. The fourth-order valence-electron chi connectivity index (χ4n) is 3.68. The van der Waals surface area contributed by atoms with Gasteiger partial charge in [0.1, 0.15) is 16.9 Å². The highest BCUT2D eigenvalue weighted by Gasteiger charge is 2.47. The minimum absolute atomic E-state index is 0.00116. The summed E-state index contributed by atoms with van der Waals surface area (Å²) in [5.74, 6) is -0.219. The van der Waals surface area contributed by atoms with Crippen LogP contribution in [0, 0.1) is 5.82 Å². The molecule has 2 unspecified atom stereocenters. The first-order valence-corrected chi connectivity index (χ1v) is 9.33. The molecule has 0 saturated carbocycles. The maximum atomic E-state index is 14.3. The number of ether oxygens (including phenoxy) is 1. The van der Waals surface area contributed by atoms with Gasteiger partial charge in [-0.25, -0.2) is 19.2 Å². The zero-order chi connectivity index (χ0) is 19.5. The lowest BCUT2D eigenvalue weighted by Gasteiger charge is -2.36. The van der Waals surface area contributed by atoms with Crippen LogP contribution in [0.1, 0.15) is 27.2 Å². The summed E-state index contributed by atoms with van der Waals surface area (Å²) in [6, 6.07) is 0.0363. The van der Waals surface area contributed by atoms with Crippen LogP contribution in [-0.2, 0) is 4.74 Å². The molecule has 0 aromatic carbocycles. The Morgan fingerprint density at radius 1 is 1.26 bits per heavy atom. The fourth-order valence-corrected chi connectivity index (χ4v) is 3.99. The first-order chi connectivity index (χ1) is 12.6. The topological polar surface area (TPSA) is 71.5 Å². The number of likely N-dealkylation sites (tertiary alicyclic amines) is 1. The molecule has 1 amide bonds. The Labute approximate surface area is 165 Å². The summed E-state index contributed by atoms with van der Waals surface area (Å²) in [7, 11) is 0. The molecule has 0 aliphatic carbocycles. The molecule has 2 aromatic heterocycles. The third kappa shape index (κ3) is 3.25. The number of rotatable bonds is 1. The number of pyridine rings is 1. The number of fused-ring (bicyclic) bond motifs is 3. The number of carbonyl (C=O) groups excluding carboxylic acids is 1. The van der Waals surface area contributed by atoms with Gasteiger partial charge in [-0.3, -0.25) is 0 Å². The highest BCUT2D eigenvalue weighted by atomic mass is 35.5. The number of aromatic nitrogens is 3. The molecule has 4 heterocycles. The average molecular weight is 414 g/mol. The number of carbonyl (C=O) groups is 1. The van der Waals surface area contributed by atoms with Crippen molar-refractivity contribution in [2.45, 2.75) is 44.9 Å². The van der Waals surface area contributed by atoms with Gasteiger partial charge in [-0.1, -0.05) is 11.6 Å². The highest BCUT2D eigenvalue weighted by molar-refractivity contribution is 6.30. The summed E-state index contributed by atoms with van der Waals surface area (Å²) >= 11 is 11.8. The van der Waals surface area contributed by atoms with E-state index in [-0.39, 0.29) is 34.1 Å². The van der Waals surface area contributed by atoms with E-state index in [1.807, 2.05) is 25.7 Å². The van der Waals surface area contributed by atoms with Crippen LogP contribution in [0.25, 0.3) is 10.9 Å². The smallest absolute Gasteiger partial charge is 0.410 e. The van der Waals surface area contributed by atoms with E-state index in [9.17, 15) is 9.18 Å². The van der Waals surface area contributed by atoms with Crippen LogP contribution in [0.15, 0.2) is 6.20 Å². The molecule has 0 radical (unpaired) electrons. The SMILES string of the molecule is CC(C)(C)OC(=O)N1CC2CC1CN2c1nc(Cl)nc2c(F)c(Cl)ncc12. The molecule has 2 bridgehead atoms. The van der Waals surface area contributed by atoms with Crippen LogP contribution in [0.5, 0.6) is 0 Å². The lowest BCUT2D eigenvalue weighted by Crippen LogP contribution is -2.50. The molecule has 10 heteroatoms. The van der Waals surface area contributed by atoms with Gasteiger partial charge in [0, 0.05) is 19.3 Å². The summed E-state index contributed by atoms with van der Waals surface area (Å²) in [4.78, 5) is 28.3. The van der Waals surface area contributed by atoms with Crippen molar-refractivity contribution in [1.29, 1.82) is 0 Å². The van der Waals surface area contributed by atoms with E-state index in [4.69, 9.17) is 27.9 Å². The van der Waals surface area contributed by atoms with Gasteiger partial charge < -0.3 is 14.5 Å². The van der Waals surface area contributed by atoms with Crippen molar-refractivity contribution in [2.24, 2.45) is 0 Å². The van der Waals surface area contributed by atoms with Crippen molar-refractivity contribution >= 4 is 46.0 Å². The number of nitrogens with zero attached hydrogens (tertiary/aromatic N) is 5. The lowest BCUT2D eigenvalue weighted by molar-refractivity contribution is 0.0214. The van der Waals surface area contributed by atoms with Crippen LogP contribution < -0.4 is 4.90 Å².